The monoisotopic (exact) mass is 303 g/mol. The number of hydrogen-bond donors (Lipinski definition) is 1. The first-order chi connectivity index (χ1) is 10.4. The van der Waals surface area contributed by atoms with Gasteiger partial charge < -0.3 is 5.32 Å². The van der Waals surface area contributed by atoms with Crippen LogP contribution in [0.3, 0.4) is 0 Å². The number of nitrogens with one attached hydrogen (secondary N) is 1. The first-order valence-corrected chi connectivity index (χ1v) is 7.15. The number of carbonyl (C=O) groups is 1. The van der Waals surface area contributed by atoms with Gasteiger partial charge in [-0.1, -0.05) is 44.2 Å². The Morgan fingerprint density at radius 1 is 1.05 bits per heavy atom. The molecule has 2 nitrogen and oxygen atoms in total. The van der Waals surface area contributed by atoms with Crippen molar-refractivity contribution < 1.29 is 13.6 Å². The second kappa shape index (κ2) is 6.69. The maximum atomic E-state index is 13.5. The van der Waals surface area contributed by atoms with Gasteiger partial charge in [-0.2, -0.15) is 0 Å². The minimum atomic E-state index is -0.379. The van der Waals surface area contributed by atoms with E-state index in [1.165, 1.54) is 18.2 Å². The molecule has 2 aromatic rings. The Labute approximate surface area is 129 Å². The van der Waals surface area contributed by atoms with Crippen LogP contribution in [0.25, 0.3) is 0 Å². The minimum Gasteiger partial charge on any atom is -0.355 e. The van der Waals surface area contributed by atoms with E-state index in [-0.39, 0.29) is 29.4 Å². The van der Waals surface area contributed by atoms with Crippen LogP contribution < -0.4 is 5.32 Å². The van der Waals surface area contributed by atoms with Gasteiger partial charge in [0.15, 0.2) is 0 Å². The van der Waals surface area contributed by atoms with Crippen LogP contribution in [0, 0.1) is 11.6 Å². The Balaban J connectivity index is 1.95. The molecule has 0 aliphatic heterocycles. The van der Waals surface area contributed by atoms with Gasteiger partial charge in [0.25, 0.3) is 0 Å². The normalized spacial score (nSPS) is 11.3. The van der Waals surface area contributed by atoms with Crippen LogP contribution in [0.2, 0.25) is 0 Å². The van der Waals surface area contributed by atoms with Crippen LogP contribution in [0.1, 0.15) is 25.0 Å². The molecule has 1 N–H and O–H groups in total. The fourth-order valence-electron chi connectivity index (χ4n) is 2.20. The van der Waals surface area contributed by atoms with Crippen molar-refractivity contribution in [2.24, 2.45) is 0 Å². The predicted molar refractivity (Wildman–Crippen MR) is 82.5 cm³/mol. The summed E-state index contributed by atoms with van der Waals surface area (Å²) in [5.74, 6) is -0.904. The smallest absolute Gasteiger partial charge is 0.224 e. The molecule has 0 atom stereocenters. The van der Waals surface area contributed by atoms with Gasteiger partial charge >= 0.3 is 0 Å². The molecule has 22 heavy (non-hydrogen) atoms. The van der Waals surface area contributed by atoms with Crippen LogP contribution in [-0.4, -0.2) is 12.5 Å². The van der Waals surface area contributed by atoms with Gasteiger partial charge in [-0.15, -0.1) is 0 Å². The molecular weight excluding hydrogens is 284 g/mol. The fraction of sp³-hybridized carbons (Fsp3) is 0.278. The second-order valence-corrected chi connectivity index (χ2v) is 5.94. The van der Waals surface area contributed by atoms with Crippen molar-refractivity contribution in [3.05, 3.63) is 71.3 Å². The summed E-state index contributed by atoms with van der Waals surface area (Å²) in [6, 6.07) is 12.4. The van der Waals surface area contributed by atoms with Crippen LogP contribution in [-0.2, 0) is 16.6 Å². The summed E-state index contributed by atoms with van der Waals surface area (Å²) in [5, 5.41) is 2.81. The van der Waals surface area contributed by atoms with E-state index >= 15 is 0 Å². The van der Waals surface area contributed by atoms with Crippen molar-refractivity contribution in [1.82, 2.24) is 5.32 Å². The molecule has 0 saturated carbocycles. The zero-order valence-electron chi connectivity index (χ0n) is 12.7. The SMILES string of the molecule is CC(C)(CNC(=O)Cc1ccccc1F)c1ccc(F)cc1. The van der Waals surface area contributed by atoms with Crippen LogP contribution in [0.4, 0.5) is 8.78 Å². The zero-order chi connectivity index (χ0) is 16.2. The molecule has 0 aromatic heterocycles. The third kappa shape index (κ3) is 4.13. The third-order valence-electron chi connectivity index (χ3n) is 3.66. The summed E-state index contributed by atoms with van der Waals surface area (Å²) in [7, 11) is 0. The molecule has 0 radical (unpaired) electrons. The van der Waals surface area contributed by atoms with E-state index in [0.29, 0.717) is 12.1 Å². The van der Waals surface area contributed by atoms with Crippen molar-refractivity contribution in [2.75, 3.05) is 6.54 Å². The number of halogens is 2. The molecule has 1 amide bonds. The Bertz CT molecular complexity index is 650. The molecule has 0 heterocycles. The average Bonchev–Trinajstić information content (AvgIpc) is 2.48. The van der Waals surface area contributed by atoms with Gasteiger partial charge in [0, 0.05) is 12.0 Å². The Morgan fingerprint density at radius 3 is 2.32 bits per heavy atom. The van der Waals surface area contributed by atoms with Gasteiger partial charge in [0.05, 0.1) is 6.42 Å². The molecule has 0 unspecified atom stereocenters. The van der Waals surface area contributed by atoms with Crippen molar-refractivity contribution in [3.8, 4) is 0 Å². The van der Waals surface area contributed by atoms with Crippen molar-refractivity contribution in [3.63, 3.8) is 0 Å². The number of hydrogen-bond acceptors (Lipinski definition) is 1. The molecule has 0 aliphatic rings. The molecule has 4 heteroatoms. The maximum absolute atomic E-state index is 13.5. The Morgan fingerprint density at radius 2 is 1.68 bits per heavy atom. The van der Waals surface area contributed by atoms with Crippen molar-refractivity contribution in [2.45, 2.75) is 25.7 Å². The lowest BCUT2D eigenvalue weighted by Crippen LogP contribution is -2.37. The van der Waals surface area contributed by atoms with Crippen molar-refractivity contribution >= 4 is 5.91 Å². The van der Waals surface area contributed by atoms with Gasteiger partial charge in [0.1, 0.15) is 11.6 Å². The Kier molecular flexibility index (Phi) is 4.91. The van der Waals surface area contributed by atoms with E-state index in [4.69, 9.17) is 0 Å². The number of rotatable bonds is 5. The highest BCUT2D eigenvalue weighted by Gasteiger charge is 2.21. The lowest BCUT2D eigenvalue weighted by Gasteiger charge is -2.25. The van der Waals surface area contributed by atoms with Crippen LogP contribution >= 0.6 is 0 Å². The summed E-state index contributed by atoms with van der Waals surface area (Å²) in [4.78, 5) is 12.0. The fourth-order valence-corrected chi connectivity index (χ4v) is 2.20. The highest BCUT2D eigenvalue weighted by Crippen LogP contribution is 2.22. The summed E-state index contributed by atoms with van der Waals surface area (Å²) in [5.41, 5.74) is 0.971. The zero-order valence-corrected chi connectivity index (χ0v) is 12.7. The van der Waals surface area contributed by atoms with Gasteiger partial charge in [0.2, 0.25) is 5.91 Å². The molecule has 0 bridgehead atoms. The molecule has 0 aliphatic carbocycles. The van der Waals surface area contributed by atoms with E-state index in [9.17, 15) is 13.6 Å². The van der Waals surface area contributed by atoms with Gasteiger partial charge in [-0.3, -0.25) is 4.79 Å². The average molecular weight is 303 g/mol. The molecule has 2 aromatic carbocycles. The van der Waals surface area contributed by atoms with Crippen molar-refractivity contribution in [1.29, 1.82) is 0 Å². The lowest BCUT2D eigenvalue weighted by atomic mass is 9.84. The van der Waals surface area contributed by atoms with Gasteiger partial charge in [-0.05, 0) is 29.3 Å². The number of amides is 1. The summed E-state index contributed by atoms with van der Waals surface area (Å²) in [6.07, 6.45) is 0.00612. The molecule has 0 saturated heterocycles. The maximum Gasteiger partial charge on any atom is 0.224 e. The van der Waals surface area contributed by atoms with E-state index in [1.54, 1.807) is 30.3 Å². The molecule has 2 rings (SSSR count). The summed E-state index contributed by atoms with van der Waals surface area (Å²) in [6.45, 7) is 4.32. The van der Waals surface area contributed by atoms with E-state index < -0.39 is 0 Å². The lowest BCUT2D eigenvalue weighted by molar-refractivity contribution is -0.120. The molecular formula is C18H19F2NO. The van der Waals surface area contributed by atoms with E-state index in [1.807, 2.05) is 13.8 Å². The molecule has 0 fully saturated rings. The first-order valence-electron chi connectivity index (χ1n) is 7.15. The largest absolute Gasteiger partial charge is 0.355 e. The summed E-state index contributed by atoms with van der Waals surface area (Å²) < 4.78 is 26.5. The molecule has 0 spiro atoms. The predicted octanol–water partition coefficient (Wildman–Crippen LogP) is 3.60. The van der Waals surface area contributed by atoms with Crippen LogP contribution in [0.15, 0.2) is 48.5 Å². The summed E-state index contributed by atoms with van der Waals surface area (Å²) >= 11 is 0. The standard InChI is InChI=1S/C18H19F2NO/c1-18(2,14-7-9-15(19)10-8-14)12-21-17(22)11-13-5-3-4-6-16(13)20/h3-10H,11-12H2,1-2H3,(H,21,22). The second-order valence-electron chi connectivity index (χ2n) is 5.94. The van der Waals surface area contributed by atoms with Gasteiger partial charge in [-0.25, -0.2) is 8.78 Å². The molecule has 116 valence electrons. The van der Waals surface area contributed by atoms with E-state index in [2.05, 4.69) is 5.32 Å². The number of carbonyl (C=O) groups excluding carboxylic acids is 1. The topological polar surface area (TPSA) is 29.1 Å². The first kappa shape index (κ1) is 16.1. The highest BCUT2D eigenvalue weighted by atomic mass is 19.1. The van der Waals surface area contributed by atoms with E-state index in [0.717, 1.165) is 5.56 Å². The highest BCUT2D eigenvalue weighted by molar-refractivity contribution is 5.78. The number of benzene rings is 2. The third-order valence-corrected chi connectivity index (χ3v) is 3.66. The minimum absolute atomic E-state index is 0.00612. The van der Waals surface area contributed by atoms with Crippen LogP contribution in [0.5, 0.6) is 0 Å². The quantitative estimate of drug-likeness (QED) is 0.898. The Hall–Kier alpha value is -2.23.